The van der Waals surface area contributed by atoms with E-state index in [1.807, 2.05) is 54.6 Å². The number of ether oxygens (including phenoxy) is 2. The van der Waals surface area contributed by atoms with Crippen molar-refractivity contribution in [2.75, 3.05) is 6.61 Å². The highest BCUT2D eigenvalue weighted by Crippen LogP contribution is 2.22. The minimum atomic E-state index is -1.49. The molecule has 0 atom stereocenters. The summed E-state index contributed by atoms with van der Waals surface area (Å²) in [6, 6.07) is 24.3. The minimum absolute atomic E-state index is 0.413. The molecule has 0 aromatic heterocycles. The first-order chi connectivity index (χ1) is 12.2. The average molecular weight is 334 g/mol. The molecule has 0 saturated carbocycles. The van der Waals surface area contributed by atoms with Crippen LogP contribution in [-0.2, 0) is 6.42 Å². The molecule has 3 aromatic rings. The first-order valence-electron chi connectivity index (χ1n) is 8.11. The summed E-state index contributed by atoms with van der Waals surface area (Å²) >= 11 is 0. The van der Waals surface area contributed by atoms with Gasteiger partial charge in [0.25, 0.3) is 0 Å². The number of hydrogen-bond donors (Lipinski definition) is 2. The van der Waals surface area contributed by atoms with Gasteiger partial charge < -0.3 is 19.5 Å². The standard InChI is InChI=1S/C20H19BO4/c22-21(23)17-7-5-10-19(15-17)24-13-12-16-6-4-11-20(14-16)25-18-8-2-1-3-9-18/h1-11,14-15,22-23H,12-13H2. The van der Waals surface area contributed by atoms with Gasteiger partial charge >= 0.3 is 7.12 Å². The van der Waals surface area contributed by atoms with Gasteiger partial charge in [0.05, 0.1) is 6.61 Å². The zero-order chi connectivity index (χ0) is 17.5. The van der Waals surface area contributed by atoms with Crippen molar-refractivity contribution in [2.24, 2.45) is 0 Å². The van der Waals surface area contributed by atoms with Gasteiger partial charge in [-0.3, -0.25) is 0 Å². The Balaban J connectivity index is 1.57. The molecule has 3 rings (SSSR count). The maximum atomic E-state index is 9.19. The van der Waals surface area contributed by atoms with Crippen LogP contribution >= 0.6 is 0 Å². The van der Waals surface area contributed by atoms with E-state index in [0.29, 0.717) is 17.8 Å². The number of benzene rings is 3. The topological polar surface area (TPSA) is 58.9 Å². The zero-order valence-corrected chi connectivity index (χ0v) is 13.7. The lowest BCUT2D eigenvalue weighted by Gasteiger charge is -2.10. The normalized spacial score (nSPS) is 10.3. The Bertz CT molecular complexity index is 806. The fourth-order valence-electron chi connectivity index (χ4n) is 2.44. The van der Waals surface area contributed by atoms with Crippen molar-refractivity contribution in [2.45, 2.75) is 6.42 Å². The molecule has 0 aliphatic rings. The fraction of sp³-hybridized carbons (Fsp3) is 0.100. The summed E-state index contributed by atoms with van der Waals surface area (Å²) in [5.74, 6) is 2.20. The summed E-state index contributed by atoms with van der Waals surface area (Å²) < 4.78 is 11.5. The maximum Gasteiger partial charge on any atom is 0.488 e. The smallest absolute Gasteiger partial charge is 0.488 e. The fourth-order valence-corrected chi connectivity index (χ4v) is 2.44. The molecule has 0 spiro atoms. The largest absolute Gasteiger partial charge is 0.493 e. The van der Waals surface area contributed by atoms with Crippen molar-refractivity contribution in [3.63, 3.8) is 0 Å². The number of hydrogen-bond acceptors (Lipinski definition) is 4. The van der Waals surface area contributed by atoms with Gasteiger partial charge in [-0.05, 0) is 47.4 Å². The molecule has 0 aliphatic carbocycles. The van der Waals surface area contributed by atoms with Crippen molar-refractivity contribution >= 4 is 12.6 Å². The van der Waals surface area contributed by atoms with E-state index in [-0.39, 0.29) is 0 Å². The molecule has 0 heterocycles. The molecule has 126 valence electrons. The van der Waals surface area contributed by atoms with Gasteiger partial charge in [0.2, 0.25) is 0 Å². The Morgan fingerprint density at radius 2 is 1.44 bits per heavy atom. The molecule has 0 radical (unpaired) electrons. The average Bonchev–Trinajstić information content (AvgIpc) is 2.63. The monoisotopic (exact) mass is 334 g/mol. The van der Waals surface area contributed by atoms with Crippen LogP contribution in [0.4, 0.5) is 0 Å². The van der Waals surface area contributed by atoms with Crippen LogP contribution in [0.1, 0.15) is 5.56 Å². The van der Waals surface area contributed by atoms with Gasteiger partial charge in [-0.2, -0.15) is 0 Å². The van der Waals surface area contributed by atoms with E-state index in [2.05, 4.69) is 0 Å². The number of para-hydroxylation sites is 1. The number of rotatable bonds is 7. The first kappa shape index (κ1) is 17.1. The van der Waals surface area contributed by atoms with Gasteiger partial charge in [0, 0.05) is 6.42 Å². The van der Waals surface area contributed by atoms with Crippen LogP contribution in [0.3, 0.4) is 0 Å². The molecule has 2 N–H and O–H groups in total. The van der Waals surface area contributed by atoms with Crippen molar-refractivity contribution in [3.05, 3.63) is 84.4 Å². The maximum absolute atomic E-state index is 9.19. The second-order valence-electron chi connectivity index (χ2n) is 5.61. The molecule has 0 aliphatic heterocycles. The highest BCUT2D eigenvalue weighted by Gasteiger charge is 2.11. The van der Waals surface area contributed by atoms with Gasteiger partial charge in [-0.1, -0.05) is 42.5 Å². The van der Waals surface area contributed by atoms with Crippen LogP contribution in [0, 0.1) is 0 Å². The lowest BCUT2D eigenvalue weighted by molar-refractivity contribution is 0.322. The predicted octanol–water partition coefficient (Wildman–Crippen LogP) is 2.78. The van der Waals surface area contributed by atoms with E-state index in [0.717, 1.165) is 23.5 Å². The van der Waals surface area contributed by atoms with Gasteiger partial charge in [0.15, 0.2) is 0 Å². The summed E-state index contributed by atoms with van der Waals surface area (Å²) in [6.07, 6.45) is 0.720. The molecule has 3 aromatic carbocycles. The highest BCUT2D eigenvalue weighted by molar-refractivity contribution is 6.58. The highest BCUT2D eigenvalue weighted by atomic mass is 16.5. The molecular weight excluding hydrogens is 315 g/mol. The van der Waals surface area contributed by atoms with Crippen LogP contribution in [0.2, 0.25) is 0 Å². The molecule has 0 unspecified atom stereocenters. The minimum Gasteiger partial charge on any atom is -0.493 e. The lowest BCUT2D eigenvalue weighted by Crippen LogP contribution is -2.29. The summed E-state index contributed by atoms with van der Waals surface area (Å²) in [5, 5.41) is 18.4. The Kier molecular flexibility index (Phi) is 5.72. The van der Waals surface area contributed by atoms with Crippen molar-refractivity contribution in [1.82, 2.24) is 0 Å². The van der Waals surface area contributed by atoms with Crippen LogP contribution in [0.15, 0.2) is 78.9 Å². The summed E-state index contributed by atoms with van der Waals surface area (Å²) in [4.78, 5) is 0. The van der Waals surface area contributed by atoms with Crippen LogP contribution in [0.5, 0.6) is 17.2 Å². The summed E-state index contributed by atoms with van der Waals surface area (Å²) in [6.45, 7) is 0.486. The van der Waals surface area contributed by atoms with Crippen molar-refractivity contribution < 1.29 is 19.5 Å². The second kappa shape index (κ2) is 8.37. The Labute approximate surface area is 147 Å². The van der Waals surface area contributed by atoms with Crippen LogP contribution in [-0.4, -0.2) is 23.8 Å². The second-order valence-corrected chi connectivity index (χ2v) is 5.61. The molecule has 5 heteroatoms. The van der Waals surface area contributed by atoms with E-state index in [4.69, 9.17) is 9.47 Å². The third-order valence-electron chi connectivity index (χ3n) is 3.69. The van der Waals surface area contributed by atoms with Crippen LogP contribution < -0.4 is 14.9 Å². The molecular formula is C20H19BO4. The first-order valence-corrected chi connectivity index (χ1v) is 8.11. The summed E-state index contributed by atoms with van der Waals surface area (Å²) in [5.41, 5.74) is 1.52. The van der Waals surface area contributed by atoms with E-state index in [1.54, 1.807) is 24.3 Å². The Hall–Kier alpha value is -2.76. The molecule has 0 amide bonds. The van der Waals surface area contributed by atoms with Gasteiger partial charge in [-0.25, -0.2) is 0 Å². The lowest BCUT2D eigenvalue weighted by atomic mass is 9.80. The zero-order valence-electron chi connectivity index (χ0n) is 13.7. The van der Waals surface area contributed by atoms with Crippen molar-refractivity contribution in [1.29, 1.82) is 0 Å². The van der Waals surface area contributed by atoms with Crippen LogP contribution in [0.25, 0.3) is 0 Å². The molecule has 0 saturated heterocycles. The molecule has 4 nitrogen and oxygen atoms in total. The molecule has 0 bridgehead atoms. The van der Waals surface area contributed by atoms with E-state index >= 15 is 0 Å². The predicted molar refractivity (Wildman–Crippen MR) is 98.4 cm³/mol. The summed E-state index contributed by atoms with van der Waals surface area (Å²) in [7, 11) is -1.49. The SMILES string of the molecule is OB(O)c1cccc(OCCc2cccc(Oc3ccccc3)c2)c1. The molecule has 0 fully saturated rings. The van der Waals surface area contributed by atoms with E-state index in [1.165, 1.54) is 0 Å². The van der Waals surface area contributed by atoms with Crippen molar-refractivity contribution in [3.8, 4) is 17.2 Å². The van der Waals surface area contributed by atoms with E-state index < -0.39 is 7.12 Å². The molecule has 25 heavy (non-hydrogen) atoms. The Morgan fingerprint density at radius 3 is 2.24 bits per heavy atom. The van der Waals surface area contributed by atoms with Gasteiger partial charge in [-0.15, -0.1) is 0 Å². The Morgan fingerprint density at radius 1 is 0.720 bits per heavy atom. The quantitative estimate of drug-likeness (QED) is 0.653. The third-order valence-corrected chi connectivity index (χ3v) is 3.69. The van der Waals surface area contributed by atoms with Gasteiger partial charge in [0.1, 0.15) is 17.2 Å². The third kappa shape index (κ3) is 5.11. The van der Waals surface area contributed by atoms with E-state index in [9.17, 15) is 10.0 Å².